The molecule has 5 heteroatoms. The first-order chi connectivity index (χ1) is 12.2. The molecule has 0 saturated heterocycles. The normalized spacial score (nSPS) is 17.3. The number of sulfonamides is 1. The van der Waals surface area contributed by atoms with Gasteiger partial charge in [0.2, 0.25) is 0 Å². The van der Waals surface area contributed by atoms with Gasteiger partial charge in [-0.2, -0.15) is 0 Å². The zero-order chi connectivity index (χ0) is 19.1. The molecule has 0 aliphatic carbocycles. The van der Waals surface area contributed by atoms with Gasteiger partial charge < -0.3 is 4.74 Å². The second-order valence-corrected chi connectivity index (χ2v) is 9.61. The van der Waals surface area contributed by atoms with Gasteiger partial charge >= 0.3 is 0 Å². The summed E-state index contributed by atoms with van der Waals surface area (Å²) in [6.07, 6.45) is 0.721. The maximum atomic E-state index is 13.6. The second kappa shape index (κ2) is 6.62. The zero-order valence-electron chi connectivity index (χ0n) is 16.1. The fourth-order valence-electron chi connectivity index (χ4n) is 3.46. The van der Waals surface area contributed by atoms with Crippen LogP contribution in [0.3, 0.4) is 0 Å². The third kappa shape index (κ3) is 3.20. The molecule has 26 heavy (non-hydrogen) atoms. The number of ether oxygens (including phenoxy) is 1. The van der Waals surface area contributed by atoms with Gasteiger partial charge in [0.15, 0.2) is 0 Å². The molecule has 2 aromatic rings. The zero-order valence-corrected chi connectivity index (χ0v) is 16.9. The van der Waals surface area contributed by atoms with Gasteiger partial charge in [0.1, 0.15) is 10.6 Å². The molecular weight excluding hydrogens is 346 g/mol. The van der Waals surface area contributed by atoms with Crippen LogP contribution >= 0.6 is 0 Å². The van der Waals surface area contributed by atoms with Crippen LogP contribution in [-0.2, 0) is 21.9 Å². The van der Waals surface area contributed by atoms with Crippen LogP contribution < -0.4 is 9.04 Å². The fourth-order valence-corrected chi connectivity index (χ4v) is 5.31. The van der Waals surface area contributed by atoms with Crippen LogP contribution in [0, 0.1) is 0 Å². The van der Waals surface area contributed by atoms with Crippen molar-refractivity contribution in [3.63, 3.8) is 0 Å². The molecule has 0 bridgehead atoms. The molecule has 3 rings (SSSR count). The van der Waals surface area contributed by atoms with E-state index in [1.54, 1.807) is 16.4 Å². The highest BCUT2D eigenvalue weighted by molar-refractivity contribution is 7.93. The summed E-state index contributed by atoms with van der Waals surface area (Å²) < 4.78 is 34.5. The number of fused-ring (bicyclic) bond motifs is 1. The molecule has 1 aliphatic rings. The predicted molar refractivity (Wildman–Crippen MR) is 106 cm³/mol. The molecule has 1 aliphatic heterocycles. The molecule has 0 fully saturated rings. The van der Waals surface area contributed by atoms with Gasteiger partial charge in [-0.05, 0) is 55.0 Å². The summed E-state index contributed by atoms with van der Waals surface area (Å²) in [6.45, 7) is 10.5. The van der Waals surface area contributed by atoms with Gasteiger partial charge in [0.25, 0.3) is 10.0 Å². The van der Waals surface area contributed by atoms with Crippen molar-refractivity contribution in [2.24, 2.45) is 0 Å². The highest BCUT2D eigenvalue weighted by Gasteiger charge is 2.38. The number of benzene rings is 2. The Morgan fingerprint density at radius 3 is 2.50 bits per heavy atom. The number of hydrogen-bond donors (Lipinski definition) is 0. The summed E-state index contributed by atoms with van der Waals surface area (Å²) in [7, 11) is -3.73. The first-order valence-corrected chi connectivity index (χ1v) is 10.5. The lowest BCUT2D eigenvalue weighted by molar-refractivity contribution is 0.330. The van der Waals surface area contributed by atoms with Crippen molar-refractivity contribution in [3.05, 3.63) is 53.6 Å². The minimum atomic E-state index is -3.73. The molecule has 2 aromatic carbocycles. The molecule has 0 saturated carbocycles. The molecule has 0 N–H and O–H groups in total. The Labute approximate surface area is 156 Å². The van der Waals surface area contributed by atoms with E-state index in [4.69, 9.17) is 4.74 Å². The Hall–Kier alpha value is -2.01. The van der Waals surface area contributed by atoms with Crippen molar-refractivity contribution >= 4 is 15.7 Å². The summed E-state index contributed by atoms with van der Waals surface area (Å²) in [5, 5.41) is 0. The van der Waals surface area contributed by atoms with Gasteiger partial charge in [0, 0.05) is 6.04 Å². The molecule has 0 spiro atoms. The average Bonchev–Trinajstić information content (AvgIpc) is 2.90. The number of rotatable bonds is 4. The van der Waals surface area contributed by atoms with Crippen LogP contribution in [0.25, 0.3) is 0 Å². The predicted octanol–water partition coefficient (Wildman–Crippen LogP) is 4.52. The van der Waals surface area contributed by atoms with Crippen molar-refractivity contribution in [1.29, 1.82) is 0 Å². The Morgan fingerprint density at radius 2 is 1.85 bits per heavy atom. The smallest absolute Gasteiger partial charge is 0.268 e. The lowest BCUT2D eigenvalue weighted by Gasteiger charge is -2.27. The van der Waals surface area contributed by atoms with Crippen molar-refractivity contribution in [2.45, 2.75) is 57.4 Å². The van der Waals surface area contributed by atoms with Crippen LogP contribution in [0.5, 0.6) is 5.75 Å². The van der Waals surface area contributed by atoms with E-state index in [1.807, 2.05) is 44.2 Å². The summed E-state index contributed by atoms with van der Waals surface area (Å²) >= 11 is 0. The molecule has 1 unspecified atom stereocenters. The Morgan fingerprint density at radius 1 is 1.15 bits per heavy atom. The Balaban J connectivity index is 2.18. The van der Waals surface area contributed by atoms with E-state index in [9.17, 15) is 8.42 Å². The molecule has 1 heterocycles. The number of anilines is 1. The molecule has 140 valence electrons. The van der Waals surface area contributed by atoms with Gasteiger partial charge in [0.05, 0.1) is 12.3 Å². The lowest BCUT2D eigenvalue weighted by atomic mass is 9.87. The molecule has 0 amide bonds. The summed E-state index contributed by atoms with van der Waals surface area (Å²) in [5.74, 6) is 0.414. The van der Waals surface area contributed by atoms with Crippen LogP contribution in [0.15, 0.2) is 47.4 Å². The largest absolute Gasteiger partial charge is 0.492 e. The van der Waals surface area contributed by atoms with E-state index in [2.05, 4.69) is 20.8 Å². The fraction of sp³-hybridized carbons (Fsp3) is 0.429. The number of para-hydroxylation sites is 1. The van der Waals surface area contributed by atoms with Gasteiger partial charge in [-0.25, -0.2) is 8.42 Å². The summed E-state index contributed by atoms with van der Waals surface area (Å²) in [5.41, 5.74) is 2.65. The SMILES string of the molecule is CCOc1ccc(C(C)(C)C)cc1S(=O)(=O)N1c2ccccc2CC1C. The molecule has 1 atom stereocenters. The van der Waals surface area contributed by atoms with Crippen LogP contribution in [0.1, 0.15) is 45.7 Å². The van der Waals surface area contributed by atoms with E-state index in [1.165, 1.54) is 0 Å². The van der Waals surface area contributed by atoms with E-state index >= 15 is 0 Å². The molecular formula is C21H27NO3S. The lowest BCUT2D eigenvalue weighted by Crippen LogP contribution is -2.36. The van der Waals surface area contributed by atoms with Gasteiger partial charge in [-0.3, -0.25) is 4.31 Å². The Bertz CT molecular complexity index is 913. The van der Waals surface area contributed by atoms with Crippen molar-refractivity contribution in [1.82, 2.24) is 0 Å². The summed E-state index contributed by atoms with van der Waals surface area (Å²) in [6, 6.07) is 13.1. The highest BCUT2D eigenvalue weighted by atomic mass is 32.2. The summed E-state index contributed by atoms with van der Waals surface area (Å²) in [4.78, 5) is 0.246. The highest BCUT2D eigenvalue weighted by Crippen LogP contribution is 2.40. The van der Waals surface area contributed by atoms with Crippen LogP contribution in [0.4, 0.5) is 5.69 Å². The number of nitrogens with zero attached hydrogens (tertiary/aromatic N) is 1. The topological polar surface area (TPSA) is 46.6 Å². The third-order valence-electron chi connectivity index (χ3n) is 4.79. The average molecular weight is 374 g/mol. The maximum Gasteiger partial charge on any atom is 0.268 e. The van der Waals surface area contributed by atoms with Crippen molar-refractivity contribution in [2.75, 3.05) is 10.9 Å². The minimum absolute atomic E-state index is 0.120. The minimum Gasteiger partial charge on any atom is -0.492 e. The van der Waals surface area contributed by atoms with E-state index in [-0.39, 0.29) is 16.4 Å². The van der Waals surface area contributed by atoms with E-state index in [0.717, 1.165) is 23.2 Å². The quantitative estimate of drug-likeness (QED) is 0.791. The van der Waals surface area contributed by atoms with Crippen molar-refractivity contribution < 1.29 is 13.2 Å². The van der Waals surface area contributed by atoms with Gasteiger partial charge in [-0.1, -0.05) is 45.0 Å². The third-order valence-corrected chi connectivity index (χ3v) is 6.74. The molecule has 0 aromatic heterocycles. The van der Waals surface area contributed by atoms with E-state index < -0.39 is 10.0 Å². The van der Waals surface area contributed by atoms with Crippen molar-refractivity contribution in [3.8, 4) is 5.75 Å². The van der Waals surface area contributed by atoms with Crippen LogP contribution in [0.2, 0.25) is 0 Å². The molecule has 4 nitrogen and oxygen atoms in total. The first-order valence-electron chi connectivity index (χ1n) is 9.06. The first kappa shape index (κ1) is 18.8. The van der Waals surface area contributed by atoms with Crippen LogP contribution in [-0.4, -0.2) is 21.1 Å². The maximum absolute atomic E-state index is 13.6. The number of hydrogen-bond acceptors (Lipinski definition) is 3. The second-order valence-electron chi connectivity index (χ2n) is 7.83. The standard InChI is InChI=1S/C21H27NO3S/c1-6-25-19-12-11-17(21(3,4)5)14-20(19)26(23,24)22-15(2)13-16-9-7-8-10-18(16)22/h7-12,14-15H,6,13H2,1-5H3. The van der Waals surface area contributed by atoms with E-state index in [0.29, 0.717) is 12.4 Å². The molecule has 0 radical (unpaired) electrons. The Kier molecular flexibility index (Phi) is 4.78. The monoisotopic (exact) mass is 373 g/mol. The van der Waals surface area contributed by atoms with Gasteiger partial charge in [-0.15, -0.1) is 0 Å².